The highest BCUT2D eigenvalue weighted by molar-refractivity contribution is 5.74. The summed E-state index contributed by atoms with van der Waals surface area (Å²) < 4.78 is 0. The normalized spacial score (nSPS) is 16.7. The topological polar surface area (TPSA) is 153 Å². The van der Waals surface area contributed by atoms with Gasteiger partial charge in [0, 0.05) is 6.04 Å². The van der Waals surface area contributed by atoms with Gasteiger partial charge in [-0.3, -0.25) is 9.59 Å². The maximum atomic E-state index is 10.4. The second kappa shape index (κ2) is 6.33. The second-order valence-electron chi connectivity index (χ2n) is 3.40. The van der Waals surface area contributed by atoms with Crippen molar-refractivity contribution < 1.29 is 19.8 Å². The van der Waals surface area contributed by atoms with Crippen molar-refractivity contribution in [2.75, 3.05) is 0 Å². The van der Waals surface area contributed by atoms with Gasteiger partial charge in [-0.05, 0) is 19.3 Å². The first kappa shape index (κ1) is 13.8. The molecule has 7 nitrogen and oxygen atoms in total. The van der Waals surface area contributed by atoms with Crippen molar-refractivity contribution in [1.82, 2.24) is 0 Å². The molecule has 88 valence electrons. The van der Waals surface area contributed by atoms with E-state index in [1.165, 1.54) is 0 Å². The summed E-state index contributed by atoms with van der Waals surface area (Å²) in [6.45, 7) is 0. The zero-order valence-corrected chi connectivity index (χ0v) is 8.30. The van der Waals surface area contributed by atoms with Gasteiger partial charge in [0.2, 0.25) is 0 Å². The molecule has 0 rings (SSSR count). The molecule has 8 N–H and O–H groups in total. The first-order chi connectivity index (χ1) is 6.86. The molecule has 0 amide bonds. The molecule has 0 spiro atoms. The Labute approximate surface area is 87.2 Å². The van der Waals surface area contributed by atoms with Crippen molar-refractivity contribution in [1.29, 1.82) is 0 Å². The number of nitrogens with two attached hydrogens (primary N) is 3. The van der Waals surface area contributed by atoms with Gasteiger partial charge < -0.3 is 27.4 Å². The van der Waals surface area contributed by atoms with Crippen LogP contribution in [0, 0.1) is 0 Å². The lowest BCUT2D eigenvalue weighted by Crippen LogP contribution is -2.47. The highest BCUT2D eigenvalue weighted by atomic mass is 16.4. The molecule has 0 saturated carbocycles. The maximum absolute atomic E-state index is 10.4. The van der Waals surface area contributed by atoms with Gasteiger partial charge >= 0.3 is 11.9 Å². The third-order valence-corrected chi connectivity index (χ3v) is 2.12. The SMILES string of the molecule is NC(CCC[C@H](N)C(=O)O)C(N)C(=O)O. The third-order valence-electron chi connectivity index (χ3n) is 2.12. The van der Waals surface area contributed by atoms with Gasteiger partial charge in [-0.25, -0.2) is 0 Å². The largest absolute Gasteiger partial charge is 0.480 e. The highest BCUT2D eigenvalue weighted by Crippen LogP contribution is 2.04. The van der Waals surface area contributed by atoms with Crippen LogP contribution in [0.15, 0.2) is 0 Å². The van der Waals surface area contributed by atoms with E-state index in [4.69, 9.17) is 27.4 Å². The van der Waals surface area contributed by atoms with Crippen LogP contribution in [-0.4, -0.2) is 40.3 Å². The van der Waals surface area contributed by atoms with Crippen LogP contribution in [0.25, 0.3) is 0 Å². The number of hydrogen-bond donors (Lipinski definition) is 5. The van der Waals surface area contributed by atoms with Crippen LogP contribution in [0.4, 0.5) is 0 Å². The van der Waals surface area contributed by atoms with Crippen LogP contribution in [-0.2, 0) is 9.59 Å². The minimum Gasteiger partial charge on any atom is -0.480 e. The Kier molecular flexibility index (Phi) is 5.83. The van der Waals surface area contributed by atoms with Gasteiger partial charge in [-0.15, -0.1) is 0 Å². The van der Waals surface area contributed by atoms with Crippen molar-refractivity contribution >= 4 is 11.9 Å². The van der Waals surface area contributed by atoms with Crippen LogP contribution >= 0.6 is 0 Å². The summed E-state index contributed by atoms with van der Waals surface area (Å²) >= 11 is 0. The first-order valence-electron chi connectivity index (χ1n) is 4.58. The fourth-order valence-corrected chi connectivity index (χ4v) is 1.06. The Hall–Kier alpha value is -1.18. The summed E-state index contributed by atoms with van der Waals surface area (Å²) in [6, 6.07) is -2.73. The Bertz CT molecular complexity index is 234. The third kappa shape index (κ3) is 5.31. The number of carboxylic acids is 2. The molecule has 0 fully saturated rings. The fourth-order valence-electron chi connectivity index (χ4n) is 1.06. The summed E-state index contributed by atoms with van der Waals surface area (Å²) in [5.74, 6) is -2.24. The predicted molar refractivity (Wildman–Crippen MR) is 53.0 cm³/mol. The van der Waals surface area contributed by atoms with Gasteiger partial charge in [-0.2, -0.15) is 0 Å². The smallest absolute Gasteiger partial charge is 0.322 e. The summed E-state index contributed by atoms with van der Waals surface area (Å²) in [5.41, 5.74) is 16.0. The predicted octanol–water partition coefficient (Wildman–Crippen LogP) is -1.69. The summed E-state index contributed by atoms with van der Waals surface area (Å²) in [7, 11) is 0. The molecule has 0 bridgehead atoms. The molecule has 2 unspecified atom stereocenters. The Morgan fingerprint density at radius 2 is 1.53 bits per heavy atom. The van der Waals surface area contributed by atoms with Gasteiger partial charge in [-0.1, -0.05) is 0 Å². The Morgan fingerprint density at radius 1 is 1.00 bits per heavy atom. The van der Waals surface area contributed by atoms with E-state index in [0.29, 0.717) is 12.8 Å². The van der Waals surface area contributed by atoms with Crippen molar-refractivity contribution in [2.45, 2.75) is 37.4 Å². The lowest BCUT2D eigenvalue weighted by Gasteiger charge is -2.16. The monoisotopic (exact) mass is 219 g/mol. The highest BCUT2D eigenvalue weighted by Gasteiger charge is 2.20. The quantitative estimate of drug-likeness (QED) is 0.342. The van der Waals surface area contributed by atoms with E-state index in [9.17, 15) is 9.59 Å². The number of carboxylic acid groups (broad SMARTS) is 2. The van der Waals surface area contributed by atoms with Crippen LogP contribution in [0.3, 0.4) is 0 Å². The molecule has 0 aliphatic heterocycles. The number of hydrogen-bond acceptors (Lipinski definition) is 5. The van der Waals surface area contributed by atoms with E-state index in [2.05, 4.69) is 0 Å². The van der Waals surface area contributed by atoms with E-state index >= 15 is 0 Å². The van der Waals surface area contributed by atoms with E-state index in [0.717, 1.165) is 0 Å². The van der Waals surface area contributed by atoms with Crippen LogP contribution in [0.1, 0.15) is 19.3 Å². The fraction of sp³-hybridized carbons (Fsp3) is 0.750. The van der Waals surface area contributed by atoms with E-state index in [1.807, 2.05) is 0 Å². The Morgan fingerprint density at radius 3 is 1.93 bits per heavy atom. The molecular weight excluding hydrogens is 202 g/mol. The maximum Gasteiger partial charge on any atom is 0.322 e. The molecule has 0 aromatic rings. The van der Waals surface area contributed by atoms with Gasteiger partial charge in [0.1, 0.15) is 12.1 Å². The standard InChI is InChI=1S/C8H17N3O4/c9-4(6(11)8(14)15)2-1-3-5(10)7(12)13/h4-6H,1-3,9-11H2,(H,12,13)(H,14,15)/t4?,5-,6?/m0/s1. The molecule has 3 atom stereocenters. The number of rotatable bonds is 7. The molecule has 15 heavy (non-hydrogen) atoms. The average molecular weight is 219 g/mol. The molecular formula is C8H17N3O4. The number of aliphatic carboxylic acids is 2. The zero-order valence-electron chi connectivity index (χ0n) is 8.30. The number of carbonyl (C=O) groups is 2. The lowest BCUT2D eigenvalue weighted by molar-refractivity contribution is -0.140. The van der Waals surface area contributed by atoms with Gasteiger partial charge in [0.25, 0.3) is 0 Å². The Balaban J connectivity index is 3.77. The molecule has 0 aliphatic rings. The summed E-state index contributed by atoms with van der Waals surface area (Å²) in [4.78, 5) is 20.8. The van der Waals surface area contributed by atoms with Crippen molar-refractivity contribution in [3.8, 4) is 0 Å². The minimum atomic E-state index is -1.16. The zero-order chi connectivity index (χ0) is 12.0. The van der Waals surface area contributed by atoms with Gasteiger partial charge in [0.15, 0.2) is 0 Å². The molecule has 0 aromatic heterocycles. The first-order valence-corrected chi connectivity index (χ1v) is 4.58. The second-order valence-corrected chi connectivity index (χ2v) is 3.40. The van der Waals surface area contributed by atoms with E-state index in [-0.39, 0.29) is 6.42 Å². The molecule has 0 aliphatic carbocycles. The van der Waals surface area contributed by atoms with Crippen LogP contribution in [0.2, 0.25) is 0 Å². The average Bonchev–Trinajstić information content (AvgIpc) is 2.15. The van der Waals surface area contributed by atoms with Gasteiger partial charge in [0.05, 0.1) is 0 Å². The van der Waals surface area contributed by atoms with Crippen LogP contribution in [0.5, 0.6) is 0 Å². The van der Waals surface area contributed by atoms with Crippen molar-refractivity contribution in [3.63, 3.8) is 0 Å². The molecule has 7 heteroatoms. The molecule has 0 heterocycles. The summed E-state index contributed by atoms with van der Waals surface area (Å²) in [6.07, 6.45) is 1.04. The van der Waals surface area contributed by atoms with E-state index in [1.54, 1.807) is 0 Å². The summed E-state index contributed by atoms with van der Waals surface area (Å²) in [5, 5.41) is 17.0. The molecule has 0 saturated heterocycles. The molecule has 0 radical (unpaired) electrons. The van der Waals surface area contributed by atoms with Crippen molar-refractivity contribution in [2.24, 2.45) is 17.2 Å². The van der Waals surface area contributed by atoms with E-state index < -0.39 is 30.1 Å². The lowest BCUT2D eigenvalue weighted by atomic mass is 10.0. The molecule has 0 aromatic carbocycles. The minimum absolute atomic E-state index is 0.259. The van der Waals surface area contributed by atoms with Crippen LogP contribution < -0.4 is 17.2 Å². The van der Waals surface area contributed by atoms with Crippen molar-refractivity contribution in [3.05, 3.63) is 0 Å².